The molecule has 2 rings (SSSR count). The van der Waals surface area contributed by atoms with Gasteiger partial charge in [-0.05, 0) is 35.6 Å². The van der Waals surface area contributed by atoms with Gasteiger partial charge in [-0.3, -0.25) is 0 Å². The number of thioether (sulfide) groups is 1. The number of benzene rings is 2. The number of anilines is 1. The summed E-state index contributed by atoms with van der Waals surface area (Å²) in [5.41, 5.74) is 2.75. The molecule has 2 aromatic rings. The second kappa shape index (κ2) is 7.61. The number of nitriles is 1. The zero-order valence-corrected chi connectivity index (χ0v) is 13.0. The van der Waals surface area contributed by atoms with E-state index >= 15 is 0 Å². The van der Waals surface area contributed by atoms with Crippen LogP contribution in [0.3, 0.4) is 0 Å². The second-order valence-corrected chi connectivity index (χ2v) is 5.73. The van der Waals surface area contributed by atoms with Crippen LogP contribution in [0, 0.1) is 11.3 Å². The molecule has 2 aromatic carbocycles. The van der Waals surface area contributed by atoms with Crippen LogP contribution in [0.2, 0.25) is 0 Å². The molecule has 0 aliphatic rings. The first-order valence-electron chi connectivity index (χ1n) is 6.81. The Morgan fingerprint density at radius 2 is 1.95 bits per heavy atom. The van der Waals surface area contributed by atoms with Crippen LogP contribution in [0.4, 0.5) is 5.69 Å². The molecule has 0 bridgehead atoms. The van der Waals surface area contributed by atoms with E-state index in [1.807, 2.05) is 42.5 Å². The Kier molecular flexibility index (Phi) is 5.53. The van der Waals surface area contributed by atoms with Crippen molar-refractivity contribution in [3.8, 4) is 11.8 Å². The highest BCUT2D eigenvalue weighted by Crippen LogP contribution is 2.28. The Labute approximate surface area is 129 Å². The summed E-state index contributed by atoms with van der Waals surface area (Å²) in [5, 5.41) is 12.7. The SMILES string of the molecule is CCSc1cccc(NCc2ccc(OC)cc2)c1C#N. The Morgan fingerprint density at radius 3 is 2.57 bits per heavy atom. The molecule has 0 atom stereocenters. The zero-order chi connectivity index (χ0) is 15.1. The molecule has 3 nitrogen and oxygen atoms in total. The molecule has 0 radical (unpaired) electrons. The maximum absolute atomic E-state index is 9.37. The summed E-state index contributed by atoms with van der Waals surface area (Å²) in [6, 6.07) is 16.1. The van der Waals surface area contributed by atoms with E-state index < -0.39 is 0 Å². The van der Waals surface area contributed by atoms with Crippen molar-refractivity contribution in [2.24, 2.45) is 0 Å². The van der Waals surface area contributed by atoms with Crippen LogP contribution in [-0.4, -0.2) is 12.9 Å². The van der Waals surface area contributed by atoms with Gasteiger partial charge in [-0.2, -0.15) is 5.26 Å². The van der Waals surface area contributed by atoms with Crippen molar-refractivity contribution < 1.29 is 4.74 Å². The van der Waals surface area contributed by atoms with E-state index in [1.165, 1.54) is 0 Å². The summed E-state index contributed by atoms with van der Waals surface area (Å²) < 4.78 is 5.14. The van der Waals surface area contributed by atoms with Gasteiger partial charge in [0, 0.05) is 11.4 Å². The lowest BCUT2D eigenvalue weighted by Gasteiger charge is -2.11. The smallest absolute Gasteiger partial charge is 0.118 e. The molecule has 0 unspecified atom stereocenters. The van der Waals surface area contributed by atoms with Gasteiger partial charge in [0.25, 0.3) is 0 Å². The van der Waals surface area contributed by atoms with Gasteiger partial charge < -0.3 is 10.1 Å². The number of ether oxygens (including phenoxy) is 1. The average molecular weight is 298 g/mol. The van der Waals surface area contributed by atoms with Crippen molar-refractivity contribution in [3.05, 3.63) is 53.6 Å². The van der Waals surface area contributed by atoms with Gasteiger partial charge in [-0.1, -0.05) is 25.1 Å². The third-order valence-corrected chi connectivity index (χ3v) is 4.02. The van der Waals surface area contributed by atoms with Gasteiger partial charge in [0.1, 0.15) is 11.8 Å². The van der Waals surface area contributed by atoms with Gasteiger partial charge >= 0.3 is 0 Å². The van der Waals surface area contributed by atoms with Gasteiger partial charge in [0.15, 0.2) is 0 Å². The Bertz CT molecular complexity index is 632. The molecule has 108 valence electrons. The largest absolute Gasteiger partial charge is 0.497 e. The number of nitrogens with zero attached hydrogens (tertiary/aromatic N) is 1. The molecule has 0 heterocycles. The second-order valence-electron chi connectivity index (χ2n) is 4.43. The Morgan fingerprint density at radius 1 is 1.19 bits per heavy atom. The molecule has 0 saturated heterocycles. The average Bonchev–Trinajstić information content (AvgIpc) is 2.54. The monoisotopic (exact) mass is 298 g/mol. The van der Waals surface area contributed by atoms with Crippen molar-refractivity contribution in [1.82, 2.24) is 0 Å². The number of rotatable bonds is 6. The summed E-state index contributed by atoms with van der Waals surface area (Å²) >= 11 is 1.69. The van der Waals surface area contributed by atoms with Crippen molar-refractivity contribution in [2.75, 3.05) is 18.2 Å². The normalized spacial score (nSPS) is 9.95. The van der Waals surface area contributed by atoms with Crippen LogP contribution < -0.4 is 10.1 Å². The highest BCUT2D eigenvalue weighted by molar-refractivity contribution is 7.99. The van der Waals surface area contributed by atoms with Crippen LogP contribution in [0.1, 0.15) is 18.1 Å². The zero-order valence-electron chi connectivity index (χ0n) is 12.2. The van der Waals surface area contributed by atoms with Gasteiger partial charge in [0.2, 0.25) is 0 Å². The highest BCUT2D eigenvalue weighted by atomic mass is 32.2. The fourth-order valence-electron chi connectivity index (χ4n) is 2.01. The molecular formula is C17H18N2OS. The third kappa shape index (κ3) is 3.93. The molecule has 0 aliphatic carbocycles. The van der Waals surface area contributed by atoms with Crippen molar-refractivity contribution >= 4 is 17.4 Å². The van der Waals surface area contributed by atoms with E-state index in [0.29, 0.717) is 6.54 Å². The summed E-state index contributed by atoms with van der Waals surface area (Å²) in [4.78, 5) is 1.03. The molecule has 0 spiro atoms. The molecule has 1 N–H and O–H groups in total. The summed E-state index contributed by atoms with van der Waals surface area (Å²) in [6.45, 7) is 2.77. The first kappa shape index (κ1) is 15.3. The molecule has 0 aromatic heterocycles. The minimum atomic E-state index is 0.679. The third-order valence-electron chi connectivity index (χ3n) is 3.08. The number of nitrogens with one attached hydrogen (secondary N) is 1. The fraction of sp³-hybridized carbons (Fsp3) is 0.235. The molecule has 0 aliphatic heterocycles. The van der Waals surface area contributed by atoms with Crippen LogP contribution in [0.15, 0.2) is 47.4 Å². The predicted octanol–water partition coefficient (Wildman–Crippen LogP) is 4.29. The predicted molar refractivity (Wildman–Crippen MR) is 87.9 cm³/mol. The lowest BCUT2D eigenvalue weighted by atomic mass is 10.1. The van der Waals surface area contributed by atoms with Gasteiger partial charge in [-0.15, -0.1) is 11.8 Å². The van der Waals surface area contributed by atoms with Crippen LogP contribution >= 0.6 is 11.8 Å². The number of methoxy groups -OCH3 is 1. The van der Waals surface area contributed by atoms with E-state index in [-0.39, 0.29) is 0 Å². The van der Waals surface area contributed by atoms with E-state index in [4.69, 9.17) is 4.74 Å². The van der Waals surface area contributed by atoms with Crippen molar-refractivity contribution in [3.63, 3.8) is 0 Å². The number of hydrogen-bond donors (Lipinski definition) is 1. The van der Waals surface area contributed by atoms with Crippen LogP contribution in [0.25, 0.3) is 0 Å². The minimum Gasteiger partial charge on any atom is -0.497 e. The Balaban J connectivity index is 2.12. The maximum Gasteiger partial charge on any atom is 0.118 e. The van der Waals surface area contributed by atoms with E-state index in [1.54, 1.807) is 18.9 Å². The van der Waals surface area contributed by atoms with Crippen LogP contribution in [-0.2, 0) is 6.54 Å². The molecule has 0 saturated carbocycles. The fourth-order valence-corrected chi connectivity index (χ4v) is 2.80. The number of hydrogen-bond acceptors (Lipinski definition) is 4. The standard InChI is InChI=1S/C17H18N2OS/c1-3-21-17-6-4-5-16(15(17)11-18)19-12-13-7-9-14(20-2)10-8-13/h4-10,19H,3,12H2,1-2H3. The summed E-state index contributed by atoms with van der Waals surface area (Å²) in [7, 11) is 1.66. The summed E-state index contributed by atoms with van der Waals surface area (Å²) in [5.74, 6) is 1.80. The first-order chi connectivity index (χ1) is 10.3. The van der Waals surface area contributed by atoms with E-state index in [2.05, 4.69) is 18.3 Å². The topological polar surface area (TPSA) is 45.0 Å². The molecule has 4 heteroatoms. The van der Waals surface area contributed by atoms with E-state index in [9.17, 15) is 5.26 Å². The van der Waals surface area contributed by atoms with Crippen LogP contribution in [0.5, 0.6) is 5.75 Å². The molecular weight excluding hydrogens is 280 g/mol. The van der Waals surface area contributed by atoms with Gasteiger partial charge in [-0.25, -0.2) is 0 Å². The minimum absolute atomic E-state index is 0.679. The Hall–Kier alpha value is -2.12. The quantitative estimate of drug-likeness (QED) is 0.808. The summed E-state index contributed by atoms with van der Waals surface area (Å²) in [6.07, 6.45) is 0. The van der Waals surface area contributed by atoms with Gasteiger partial charge in [0.05, 0.1) is 18.4 Å². The highest BCUT2D eigenvalue weighted by Gasteiger charge is 2.07. The lowest BCUT2D eigenvalue weighted by Crippen LogP contribution is -2.02. The molecule has 21 heavy (non-hydrogen) atoms. The molecule has 0 amide bonds. The van der Waals surface area contributed by atoms with E-state index in [0.717, 1.165) is 33.2 Å². The lowest BCUT2D eigenvalue weighted by molar-refractivity contribution is 0.414. The van der Waals surface area contributed by atoms with Crippen molar-refractivity contribution in [1.29, 1.82) is 5.26 Å². The first-order valence-corrected chi connectivity index (χ1v) is 7.79. The van der Waals surface area contributed by atoms with Crippen molar-refractivity contribution in [2.45, 2.75) is 18.4 Å². The molecule has 0 fully saturated rings. The maximum atomic E-state index is 9.37.